The third-order valence-corrected chi connectivity index (χ3v) is 9.90. The quantitative estimate of drug-likeness (QED) is 0.0375. The molecule has 63 heavy (non-hydrogen) atoms. The highest BCUT2D eigenvalue weighted by Gasteiger charge is 2.16. The number of rotatable bonds is 43. The van der Waals surface area contributed by atoms with Crippen LogP contribution in [0.4, 0.5) is 0 Å². The molecule has 0 rings (SSSR count). The monoisotopic (exact) mass is 867 g/mol. The fourth-order valence-corrected chi connectivity index (χ4v) is 6.18. The molecule has 0 fully saturated rings. The van der Waals surface area contributed by atoms with Crippen LogP contribution in [0.5, 0.6) is 0 Å². The summed E-state index contributed by atoms with van der Waals surface area (Å²) in [7, 11) is 0. The second-order valence-corrected chi connectivity index (χ2v) is 15.8. The number of aliphatic hydroxyl groups excluding tert-OH is 1. The van der Waals surface area contributed by atoms with Crippen molar-refractivity contribution < 1.29 is 24.2 Å². The van der Waals surface area contributed by atoms with E-state index in [0.717, 1.165) is 128 Å². The Balaban J connectivity index is 3.69. The Hall–Kier alpha value is -4.22. The van der Waals surface area contributed by atoms with E-state index in [1.165, 1.54) is 32.1 Å². The van der Waals surface area contributed by atoms with E-state index < -0.39 is 6.10 Å². The number of carbonyl (C=O) groups is 2. The second-order valence-electron chi connectivity index (χ2n) is 15.8. The summed E-state index contributed by atoms with van der Waals surface area (Å²) in [6.07, 6.45) is 79.6. The van der Waals surface area contributed by atoms with E-state index >= 15 is 0 Å². The van der Waals surface area contributed by atoms with Gasteiger partial charge in [0.25, 0.3) is 0 Å². The zero-order valence-corrected chi connectivity index (χ0v) is 40.0. The third-order valence-electron chi connectivity index (χ3n) is 9.90. The van der Waals surface area contributed by atoms with Crippen LogP contribution in [0.25, 0.3) is 0 Å². The minimum atomic E-state index is -0.791. The molecule has 0 aromatic heterocycles. The Morgan fingerprint density at radius 1 is 0.381 bits per heavy atom. The number of esters is 2. The maximum Gasteiger partial charge on any atom is 0.306 e. The lowest BCUT2D eigenvalue weighted by Crippen LogP contribution is -2.28. The largest absolute Gasteiger partial charge is 0.462 e. The Morgan fingerprint density at radius 3 is 1.03 bits per heavy atom. The molecule has 0 saturated heterocycles. The van der Waals surface area contributed by atoms with Gasteiger partial charge >= 0.3 is 11.9 Å². The first-order valence-electron chi connectivity index (χ1n) is 24.9. The van der Waals surface area contributed by atoms with Gasteiger partial charge in [0.15, 0.2) is 6.10 Å². The van der Waals surface area contributed by atoms with E-state index in [-0.39, 0.29) is 25.2 Å². The van der Waals surface area contributed by atoms with Crippen LogP contribution in [0.3, 0.4) is 0 Å². The van der Waals surface area contributed by atoms with Gasteiger partial charge in [-0.3, -0.25) is 9.59 Å². The SMILES string of the molecule is CC/C=C\C/C=C\C/C=C\C/C=C\C/C=C\C/C=C\C/C=C\C/C=C\C/C=C\C/C=C\C/C=C\C/C=C\CCCCCCC(=O)OC(CO)COC(=O)CCCCCCCCCC. The summed E-state index contributed by atoms with van der Waals surface area (Å²) in [5, 5.41) is 9.54. The van der Waals surface area contributed by atoms with Crippen molar-refractivity contribution >= 4 is 11.9 Å². The van der Waals surface area contributed by atoms with Crippen molar-refractivity contribution in [2.45, 2.75) is 193 Å². The van der Waals surface area contributed by atoms with Gasteiger partial charge in [-0.2, -0.15) is 0 Å². The first-order chi connectivity index (χ1) is 31.1. The van der Waals surface area contributed by atoms with E-state index in [1.54, 1.807) is 0 Å². The van der Waals surface area contributed by atoms with Gasteiger partial charge in [-0.15, -0.1) is 0 Å². The zero-order chi connectivity index (χ0) is 45.6. The molecule has 0 radical (unpaired) electrons. The number of ether oxygens (including phenoxy) is 2. The highest BCUT2D eigenvalue weighted by Crippen LogP contribution is 2.11. The van der Waals surface area contributed by atoms with Crippen LogP contribution in [0, 0.1) is 0 Å². The Labute approximate surface area is 387 Å². The molecule has 0 spiro atoms. The summed E-state index contributed by atoms with van der Waals surface area (Å²) < 4.78 is 10.6. The summed E-state index contributed by atoms with van der Waals surface area (Å²) in [6, 6.07) is 0. The van der Waals surface area contributed by atoms with Crippen molar-refractivity contribution in [1.29, 1.82) is 0 Å². The van der Waals surface area contributed by atoms with Crippen LogP contribution in [0.15, 0.2) is 146 Å². The maximum atomic E-state index is 12.2. The van der Waals surface area contributed by atoms with Crippen molar-refractivity contribution in [3.63, 3.8) is 0 Å². The van der Waals surface area contributed by atoms with Gasteiger partial charge < -0.3 is 14.6 Å². The van der Waals surface area contributed by atoms with Crippen molar-refractivity contribution in [2.24, 2.45) is 0 Å². The second kappa shape index (κ2) is 52.1. The Bertz CT molecular complexity index is 1400. The molecule has 0 aliphatic heterocycles. The molecule has 0 bridgehead atoms. The first-order valence-corrected chi connectivity index (χ1v) is 24.9. The molecule has 0 aliphatic carbocycles. The standard InChI is InChI=1S/C58H90O5/c1-3-5-7-9-11-13-14-15-16-17-18-19-20-21-22-23-24-25-26-27-28-29-30-31-32-33-34-35-36-37-38-39-40-41-42-43-44-45-47-49-51-53-58(61)63-56(54-59)55-62-57(60)52-50-48-46-12-10-8-6-4-2/h5,7,11,13,15-16,18-19,21-22,24-25,27-28,30-31,33-34,36-37,39-40,42-43,56,59H,3-4,6,8-10,12,14,17,20,23,26,29,32,35,38,41,44-55H2,1-2H3/b7-5-,13-11-,16-15-,19-18-,22-21-,25-24-,28-27-,31-30-,34-33-,37-36-,40-39-,43-42-. The molecular weight excluding hydrogens is 777 g/mol. The minimum Gasteiger partial charge on any atom is -0.462 e. The molecule has 0 aromatic rings. The van der Waals surface area contributed by atoms with Gasteiger partial charge in [-0.05, 0) is 103 Å². The lowest BCUT2D eigenvalue weighted by atomic mass is 10.1. The van der Waals surface area contributed by atoms with Gasteiger partial charge in [0.1, 0.15) is 6.61 Å². The topological polar surface area (TPSA) is 72.8 Å². The number of aliphatic hydroxyl groups is 1. The molecule has 1 N–H and O–H groups in total. The molecular formula is C58H90O5. The fourth-order valence-electron chi connectivity index (χ4n) is 6.18. The average molecular weight is 867 g/mol. The van der Waals surface area contributed by atoms with E-state index in [2.05, 4.69) is 160 Å². The number of hydrogen-bond donors (Lipinski definition) is 1. The van der Waals surface area contributed by atoms with Crippen LogP contribution in [0.1, 0.15) is 187 Å². The first kappa shape index (κ1) is 58.8. The van der Waals surface area contributed by atoms with Crippen molar-refractivity contribution in [2.75, 3.05) is 13.2 Å². The summed E-state index contributed by atoms with van der Waals surface area (Å²) >= 11 is 0. The number of allylic oxidation sites excluding steroid dienone is 24. The van der Waals surface area contributed by atoms with Crippen molar-refractivity contribution in [1.82, 2.24) is 0 Å². The van der Waals surface area contributed by atoms with Gasteiger partial charge in [0, 0.05) is 12.8 Å². The fraction of sp³-hybridized carbons (Fsp3) is 0.552. The number of hydrogen-bond acceptors (Lipinski definition) is 5. The highest BCUT2D eigenvalue weighted by molar-refractivity contribution is 5.70. The Morgan fingerprint density at radius 2 is 0.683 bits per heavy atom. The van der Waals surface area contributed by atoms with Gasteiger partial charge in [-0.1, -0.05) is 217 Å². The summed E-state index contributed by atoms with van der Waals surface area (Å²) in [5.41, 5.74) is 0. The van der Waals surface area contributed by atoms with Crippen molar-refractivity contribution in [3.05, 3.63) is 146 Å². The average Bonchev–Trinajstić information content (AvgIpc) is 3.29. The molecule has 0 saturated carbocycles. The molecule has 5 nitrogen and oxygen atoms in total. The maximum absolute atomic E-state index is 12.2. The van der Waals surface area contributed by atoms with E-state index in [4.69, 9.17) is 9.47 Å². The third kappa shape index (κ3) is 50.3. The lowest BCUT2D eigenvalue weighted by Gasteiger charge is -2.15. The summed E-state index contributed by atoms with van der Waals surface area (Å²) in [6.45, 7) is 3.95. The van der Waals surface area contributed by atoms with Crippen molar-refractivity contribution in [3.8, 4) is 0 Å². The molecule has 0 aliphatic rings. The van der Waals surface area contributed by atoms with Gasteiger partial charge in [-0.25, -0.2) is 0 Å². The predicted octanol–water partition coefficient (Wildman–Crippen LogP) is 16.7. The van der Waals surface area contributed by atoms with Crippen LogP contribution < -0.4 is 0 Å². The lowest BCUT2D eigenvalue weighted by molar-refractivity contribution is -0.161. The van der Waals surface area contributed by atoms with E-state index in [9.17, 15) is 14.7 Å². The van der Waals surface area contributed by atoms with Crippen LogP contribution >= 0.6 is 0 Å². The minimum absolute atomic E-state index is 0.0836. The molecule has 1 atom stereocenters. The van der Waals surface area contributed by atoms with Gasteiger partial charge in [0.05, 0.1) is 6.61 Å². The number of unbranched alkanes of at least 4 members (excludes halogenated alkanes) is 11. The molecule has 0 heterocycles. The van der Waals surface area contributed by atoms with Gasteiger partial charge in [0.2, 0.25) is 0 Å². The summed E-state index contributed by atoms with van der Waals surface area (Å²) in [5.74, 6) is -0.636. The smallest absolute Gasteiger partial charge is 0.306 e. The Kier molecular flexibility index (Phi) is 48.6. The molecule has 1 unspecified atom stereocenters. The van der Waals surface area contributed by atoms with Crippen LogP contribution in [-0.2, 0) is 19.1 Å². The predicted molar refractivity (Wildman–Crippen MR) is 274 cm³/mol. The molecule has 352 valence electrons. The van der Waals surface area contributed by atoms with Crippen LogP contribution in [0.2, 0.25) is 0 Å². The van der Waals surface area contributed by atoms with E-state index in [1.807, 2.05) is 0 Å². The van der Waals surface area contributed by atoms with Crippen LogP contribution in [-0.4, -0.2) is 36.4 Å². The van der Waals surface area contributed by atoms with E-state index in [0.29, 0.717) is 12.8 Å². The molecule has 0 aromatic carbocycles. The summed E-state index contributed by atoms with van der Waals surface area (Å²) in [4.78, 5) is 24.2. The molecule has 5 heteroatoms. The highest BCUT2D eigenvalue weighted by atomic mass is 16.6. The zero-order valence-electron chi connectivity index (χ0n) is 40.0. The molecule has 0 amide bonds. The number of carbonyl (C=O) groups excluding carboxylic acids is 2. The normalized spacial score (nSPS) is 13.5.